The number of ether oxygens (including phenoxy) is 2. The summed E-state index contributed by atoms with van der Waals surface area (Å²) in [7, 11) is 0. The van der Waals surface area contributed by atoms with Gasteiger partial charge >= 0.3 is 0 Å². The van der Waals surface area contributed by atoms with Crippen LogP contribution in [0.15, 0.2) is 30.5 Å². The normalized spacial score (nSPS) is 16.9. The molecule has 0 unspecified atom stereocenters. The summed E-state index contributed by atoms with van der Waals surface area (Å²) in [6, 6.07) is 7.80. The Labute approximate surface area is 102 Å². The lowest BCUT2D eigenvalue weighted by Crippen LogP contribution is -2.06. The van der Waals surface area contributed by atoms with Crippen molar-refractivity contribution in [3.8, 4) is 0 Å². The number of rotatable bonds is 1. The summed E-state index contributed by atoms with van der Waals surface area (Å²) in [6.07, 6.45) is 1.26. The second kappa shape index (κ2) is 3.72. The molecule has 0 spiro atoms. The lowest BCUT2D eigenvalue weighted by Gasteiger charge is -2.09. The Morgan fingerprint density at radius 2 is 1.94 bits per heavy atom. The molecule has 0 saturated carbocycles. The predicted octanol–water partition coefficient (Wildman–Crippen LogP) is 1.32. The molecule has 6 nitrogen and oxygen atoms in total. The van der Waals surface area contributed by atoms with E-state index in [2.05, 4.69) is 15.2 Å². The zero-order valence-electron chi connectivity index (χ0n) is 9.48. The lowest BCUT2D eigenvalue weighted by atomic mass is 10.3. The van der Waals surface area contributed by atoms with Crippen LogP contribution in [-0.4, -0.2) is 32.8 Å². The smallest absolute Gasteiger partial charge is 0.218 e. The lowest BCUT2D eigenvalue weighted by molar-refractivity contribution is -0.0508. The molecule has 4 rings (SSSR count). The minimum atomic E-state index is -0.417. The third-order valence-corrected chi connectivity index (χ3v) is 2.99. The molecule has 0 radical (unpaired) electrons. The topological polar surface area (TPSA) is 61.5 Å². The Balaban J connectivity index is 2.05. The first-order valence-electron chi connectivity index (χ1n) is 5.75. The molecule has 1 aliphatic heterocycles. The van der Waals surface area contributed by atoms with Gasteiger partial charge in [-0.15, -0.1) is 10.2 Å². The number of benzene rings is 1. The fraction of sp³-hybridized carbons (Fsp3) is 0.250. The molecule has 0 amide bonds. The van der Waals surface area contributed by atoms with E-state index in [1.807, 2.05) is 28.7 Å². The van der Waals surface area contributed by atoms with E-state index in [4.69, 9.17) is 9.47 Å². The van der Waals surface area contributed by atoms with Gasteiger partial charge in [-0.1, -0.05) is 12.1 Å². The molecule has 0 N–H and O–H groups in total. The Morgan fingerprint density at radius 3 is 2.83 bits per heavy atom. The number of imidazole rings is 1. The van der Waals surface area contributed by atoms with E-state index in [0.717, 1.165) is 11.0 Å². The Kier molecular flexibility index (Phi) is 2.05. The van der Waals surface area contributed by atoms with Crippen LogP contribution in [0.25, 0.3) is 16.7 Å². The van der Waals surface area contributed by atoms with Crippen molar-refractivity contribution < 1.29 is 9.47 Å². The fourth-order valence-corrected chi connectivity index (χ4v) is 2.19. The second-order valence-electron chi connectivity index (χ2n) is 4.07. The molecule has 1 fully saturated rings. The average Bonchev–Trinajstić information content (AvgIpc) is 3.07. The number of fused-ring (bicyclic) bond motifs is 3. The van der Waals surface area contributed by atoms with Gasteiger partial charge in [-0.05, 0) is 12.1 Å². The van der Waals surface area contributed by atoms with Crippen LogP contribution in [0.2, 0.25) is 0 Å². The van der Waals surface area contributed by atoms with Gasteiger partial charge in [0.05, 0.1) is 24.9 Å². The maximum atomic E-state index is 5.50. The van der Waals surface area contributed by atoms with E-state index in [0.29, 0.717) is 24.7 Å². The van der Waals surface area contributed by atoms with Crippen LogP contribution in [0.1, 0.15) is 12.1 Å². The highest BCUT2D eigenvalue weighted by Crippen LogP contribution is 2.24. The van der Waals surface area contributed by atoms with Crippen LogP contribution >= 0.6 is 0 Å². The highest BCUT2D eigenvalue weighted by atomic mass is 16.7. The molecule has 0 bridgehead atoms. The fourth-order valence-electron chi connectivity index (χ4n) is 2.19. The van der Waals surface area contributed by atoms with Crippen molar-refractivity contribution in [2.45, 2.75) is 6.29 Å². The van der Waals surface area contributed by atoms with Crippen LogP contribution in [0.3, 0.4) is 0 Å². The van der Waals surface area contributed by atoms with Gasteiger partial charge in [0.1, 0.15) is 5.52 Å². The predicted molar refractivity (Wildman–Crippen MR) is 62.9 cm³/mol. The summed E-state index contributed by atoms with van der Waals surface area (Å²) in [6.45, 7) is 1.19. The third kappa shape index (κ3) is 1.33. The summed E-state index contributed by atoms with van der Waals surface area (Å²) in [5.41, 5.74) is 2.47. The standard InChI is InChI=1S/C12H10N4O2/c1-2-4-9-8(3-1)14-15-10-7-13-11(16(9)10)12-17-5-6-18-12/h1-4,7,12H,5-6H2. The van der Waals surface area contributed by atoms with E-state index >= 15 is 0 Å². The molecule has 90 valence electrons. The van der Waals surface area contributed by atoms with Crippen molar-refractivity contribution in [1.82, 2.24) is 19.6 Å². The molecule has 1 aliphatic rings. The summed E-state index contributed by atoms with van der Waals surface area (Å²) >= 11 is 0. The van der Waals surface area contributed by atoms with E-state index < -0.39 is 6.29 Å². The SMILES string of the molecule is c1ccc2c(c1)nnc1cnc(C3OCCO3)n12. The molecule has 3 heterocycles. The van der Waals surface area contributed by atoms with Gasteiger partial charge in [0, 0.05) is 0 Å². The van der Waals surface area contributed by atoms with Crippen LogP contribution < -0.4 is 0 Å². The number of hydrogen-bond donors (Lipinski definition) is 0. The van der Waals surface area contributed by atoms with Gasteiger partial charge in [-0.3, -0.25) is 4.40 Å². The quantitative estimate of drug-likeness (QED) is 0.644. The first-order valence-corrected chi connectivity index (χ1v) is 5.75. The van der Waals surface area contributed by atoms with Crippen LogP contribution in [0, 0.1) is 0 Å². The first kappa shape index (κ1) is 9.93. The van der Waals surface area contributed by atoms with Crippen molar-refractivity contribution in [1.29, 1.82) is 0 Å². The third-order valence-electron chi connectivity index (χ3n) is 2.99. The maximum absolute atomic E-state index is 5.50. The van der Waals surface area contributed by atoms with Gasteiger partial charge < -0.3 is 9.47 Å². The van der Waals surface area contributed by atoms with Gasteiger partial charge in [0.25, 0.3) is 0 Å². The number of hydrogen-bond acceptors (Lipinski definition) is 5. The summed E-state index contributed by atoms with van der Waals surface area (Å²) in [4.78, 5) is 4.34. The van der Waals surface area contributed by atoms with Gasteiger partial charge in [0.15, 0.2) is 11.5 Å². The Morgan fingerprint density at radius 1 is 1.11 bits per heavy atom. The highest BCUT2D eigenvalue weighted by molar-refractivity contribution is 5.76. The molecule has 2 aromatic heterocycles. The molecule has 0 atom stereocenters. The van der Waals surface area contributed by atoms with E-state index in [1.165, 1.54) is 0 Å². The molecule has 6 heteroatoms. The maximum Gasteiger partial charge on any atom is 0.218 e. The summed E-state index contributed by atoms with van der Waals surface area (Å²) in [5.74, 6) is 0.716. The van der Waals surface area contributed by atoms with Crippen LogP contribution in [0.4, 0.5) is 0 Å². The summed E-state index contributed by atoms with van der Waals surface area (Å²) < 4.78 is 12.9. The van der Waals surface area contributed by atoms with Crippen molar-refractivity contribution in [2.75, 3.05) is 13.2 Å². The van der Waals surface area contributed by atoms with Gasteiger partial charge in [-0.25, -0.2) is 4.98 Å². The molecule has 0 aliphatic carbocycles. The van der Waals surface area contributed by atoms with E-state index in [-0.39, 0.29) is 0 Å². The Hall–Kier alpha value is -2.05. The number of para-hydroxylation sites is 1. The molecular formula is C12H10N4O2. The first-order chi connectivity index (χ1) is 8.93. The highest BCUT2D eigenvalue weighted by Gasteiger charge is 2.24. The zero-order valence-corrected chi connectivity index (χ0v) is 9.48. The largest absolute Gasteiger partial charge is 0.343 e. The molecule has 1 saturated heterocycles. The van der Waals surface area contributed by atoms with E-state index in [9.17, 15) is 0 Å². The van der Waals surface area contributed by atoms with Crippen molar-refractivity contribution in [3.05, 3.63) is 36.3 Å². The number of aromatic nitrogens is 4. The van der Waals surface area contributed by atoms with E-state index in [1.54, 1.807) is 6.20 Å². The van der Waals surface area contributed by atoms with Crippen molar-refractivity contribution in [3.63, 3.8) is 0 Å². The zero-order chi connectivity index (χ0) is 11.9. The summed E-state index contributed by atoms with van der Waals surface area (Å²) in [5, 5.41) is 8.30. The second-order valence-corrected chi connectivity index (χ2v) is 4.07. The van der Waals surface area contributed by atoms with Gasteiger partial charge in [0.2, 0.25) is 6.29 Å². The number of nitrogens with zero attached hydrogens (tertiary/aromatic N) is 4. The molecular weight excluding hydrogens is 232 g/mol. The minimum absolute atomic E-state index is 0.417. The molecule has 1 aromatic carbocycles. The average molecular weight is 242 g/mol. The van der Waals surface area contributed by atoms with Crippen LogP contribution in [0.5, 0.6) is 0 Å². The minimum Gasteiger partial charge on any atom is -0.343 e. The Bertz CT molecular complexity index is 718. The van der Waals surface area contributed by atoms with Crippen molar-refractivity contribution >= 4 is 16.7 Å². The van der Waals surface area contributed by atoms with Gasteiger partial charge in [-0.2, -0.15) is 0 Å². The molecule has 18 heavy (non-hydrogen) atoms. The molecule has 3 aromatic rings. The van der Waals surface area contributed by atoms with Crippen molar-refractivity contribution in [2.24, 2.45) is 0 Å². The van der Waals surface area contributed by atoms with Crippen LogP contribution in [-0.2, 0) is 9.47 Å². The monoisotopic (exact) mass is 242 g/mol.